The molecule has 1 aliphatic heterocycles. The number of piperidine rings is 1. The lowest BCUT2D eigenvalue weighted by Crippen LogP contribution is -2.40. The molecular formula is C13H9N5O3. The van der Waals surface area contributed by atoms with Gasteiger partial charge in [0.05, 0.1) is 10.5 Å². The number of rotatable bonds is 2. The number of carbonyl (C=O) groups excluding carboxylic acids is 1. The van der Waals surface area contributed by atoms with Crippen molar-refractivity contribution < 1.29 is 9.72 Å². The molecule has 1 aromatic carbocycles. The van der Waals surface area contributed by atoms with E-state index in [4.69, 9.17) is 10.7 Å². The molecule has 0 bridgehead atoms. The lowest BCUT2D eigenvalue weighted by Gasteiger charge is -2.24. The second-order valence-electron chi connectivity index (χ2n) is 4.25. The third kappa shape index (κ3) is 2.83. The molecule has 0 aliphatic carbocycles. The van der Waals surface area contributed by atoms with Crippen LogP contribution in [0.3, 0.4) is 0 Å². The summed E-state index contributed by atoms with van der Waals surface area (Å²) >= 11 is 0. The third-order valence-electron chi connectivity index (χ3n) is 3.05. The number of hydrogen-bond donors (Lipinski definition) is 2. The lowest BCUT2D eigenvalue weighted by molar-refractivity contribution is -0.384. The standard InChI is InChI=1S/C13H9N5O3/c14-6-11-10(5-12(19)17-13(11)16-7-15)8-1-3-9(4-2-8)18(20)21/h1-4,10,14H,5H2,(H,16,17,19). The Morgan fingerprint density at radius 1 is 1.43 bits per heavy atom. The van der Waals surface area contributed by atoms with Gasteiger partial charge in [-0.3, -0.25) is 20.3 Å². The predicted octanol–water partition coefficient (Wildman–Crippen LogP) is 1.25. The average molecular weight is 283 g/mol. The summed E-state index contributed by atoms with van der Waals surface area (Å²) in [6.07, 6.45) is 1.62. The highest BCUT2D eigenvalue weighted by molar-refractivity contribution is 6.16. The molecule has 1 saturated heterocycles. The van der Waals surface area contributed by atoms with Crippen molar-refractivity contribution in [2.45, 2.75) is 12.3 Å². The van der Waals surface area contributed by atoms with Crippen LogP contribution < -0.4 is 5.32 Å². The van der Waals surface area contributed by atoms with Crippen molar-refractivity contribution in [3.05, 3.63) is 45.5 Å². The Bertz CT molecular complexity index is 723. The zero-order valence-electron chi connectivity index (χ0n) is 10.7. The maximum absolute atomic E-state index is 11.7. The number of nitro benzene ring substituents is 1. The quantitative estimate of drug-likeness (QED) is 0.365. The zero-order valence-corrected chi connectivity index (χ0v) is 10.7. The van der Waals surface area contributed by atoms with Crippen molar-refractivity contribution in [1.29, 1.82) is 10.7 Å². The molecule has 21 heavy (non-hydrogen) atoms. The van der Waals surface area contributed by atoms with Crippen LogP contribution in [0.4, 0.5) is 5.69 Å². The highest BCUT2D eigenvalue weighted by Gasteiger charge is 2.31. The van der Waals surface area contributed by atoms with Crippen molar-refractivity contribution in [2.75, 3.05) is 0 Å². The van der Waals surface area contributed by atoms with Gasteiger partial charge >= 0.3 is 0 Å². The van der Waals surface area contributed by atoms with E-state index in [1.165, 1.54) is 24.3 Å². The van der Waals surface area contributed by atoms with Gasteiger partial charge in [-0.2, -0.15) is 10.3 Å². The van der Waals surface area contributed by atoms with Gasteiger partial charge in [0.1, 0.15) is 0 Å². The Labute approximate surface area is 119 Å². The summed E-state index contributed by atoms with van der Waals surface area (Å²) in [5.41, 5.74) is 0.825. The Morgan fingerprint density at radius 3 is 2.62 bits per heavy atom. The van der Waals surface area contributed by atoms with E-state index in [-0.39, 0.29) is 29.4 Å². The van der Waals surface area contributed by atoms with E-state index in [9.17, 15) is 14.9 Å². The molecule has 0 saturated carbocycles. The minimum absolute atomic E-state index is 0.00731. The molecule has 0 radical (unpaired) electrons. The zero-order chi connectivity index (χ0) is 15.4. The van der Waals surface area contributed by atoms with Gasteiger partial charge in [-0.15, -0.1) is 0 Å². The Kier molecular flexibility index (Phi) is 3.88. The van der Waals surface area contributed by atoms with Crippen molar-refractivity contribution in [1.82, 2.24) is 5.32 Å². The normalized spacial score (nSPS) is 19.6. The molecule has 8 nitrogen and oxygen atoms in total. The van der Waals surface area contributed by atoms with Gasteiger partial charge in [-0.05, 0) is 11.4 Å². The van der Waals surface area contributed by atoms with Crippen LogP contribution in [0.15, 0.2) is 34.8 Å². The van der Waals surface area contributed by atoms with Gasteiger partial charge in [0.25, 0.3) is 5.69 Å². The first-order valence-electron chi connectivity index (χ1n) is 5.87. The predicted molar refractivity (Wildman–Crippen MR) is 72.9 cm³/mol. The molecule has 2 rings (SSSR count). The second kappa shape index (κ2) is 5.77. The van der Waals surface area contributed by atoms with E-state index in [1.807, 2.05) is 0 Å². The average Bonchev–Trinajstić information content (AvgIpc) is 2.47. The van der Waals surface area contributed by atoms with Gasteiger partial charge in [-0.25, -0.2) is 0 Å². The fourth-order valence-corrected chi connectivity index (χ4v) is 2.10. The topological polar surface area (TPSA) is 132 Å². The van der Waals surface area contributed by atoms with E-state index in [1.54, 1.807) is 6.19 Å². The van der Waals surface area contributed by atoms with Crippen LogP contribution in [0.25, 0.3) is 0 Å². The second-order valence-corrected chi connectivity index (χ2v) is 4.25. The monoisotopic (exact) mass is 283 g/mol. The van der Waals surface area contributed by atoms with Crippen LogP contribution in [0.2, 0.25) is 0 Å². The number of amides is 1. The van der Waals surface area contributed by atoms with Crippen LogP contribution >= 0.6 is 0 Å². The minimum Gasteiger partial charge on any atom is -0.309 e. The molecule has 1 heterocycles. The summed E-state index contributed by atoms with van der Waals surface area (Å²) in [7, 11) is 0. The summed E-state index contributed by atoms with van der Waals surface area (Å²) in [6.45, 7) is 0. The van der Waals surface area contributed by atoms with Crippen LogP contribution in [-0.2, 0) is 4.79 Å². The number of nitrogens with zero attached hydrogens (tertiary/aromatic N) is 3. The van der Waals surface area contributed by atoms with E-state index in [0.29, 0.717) is 5.56 Å². The van der Waals surface area contributed by atoms with Crippen molar-refractivity contribution in [3.63, 3.8) is 0 Å². The first-order valence-corrected chi connectivity index (χ1v) is 5.87. The number of carbonyl (C=O) groups is 1. The Balaban J connectivity index is 2.43. The molecule has 1 unspecified atom stereocenters. The maximum Gasteiger partial charge on any atom is 0.269 e. The maximum atomic E-state index is 11.7. The van der Waals surface area contributed by atoms with Crippen LogP contribution in [0.5, 0.6) is 0 Å². The number of amidine groups is 1. The third-order valence-corrected chi connectivity index (χ3v) is 3.05. The largest absolute Gasteiger partial charge is 0.309 e. The SMILES string of the molecule is N#CN=C1NC(=O)CC(c2ccc([N+](=O)[O-])cc2)C1=C=N. The summed E-state index contributed by atoms with van der Waals surface area (Å²) in [5.74, 6) is 1.32. The molecule has 1 aliphatic rings. The number of non-ortho nitro benzene ring substituents is 1. The Hall–Kier alpha value is -3.30. The minimum atomic E-state index is -0.521. The number of nitrogens with one attached hydrogen (secondary N) is 2. The van der Waals surface area contributed by atoms with Crippen LogP contribution in [-0.4, -0.2) is 22.5 Å². The molecule has 8 heteroatoms. The molecule has 2 N–H and O–H groups in total. The molecule has 0 aromatic heterocycles. The molecule has 1 fully saturated rings. The van der Waals surface area contributed by atoms with Crippen molar-refractivity contribution in [3.8, 4) is 6.19 Å². The van der Waals surface area contributed by atoms with Crippen LogP contribution in [0, 0.1) is 27.0 Å². The fraction of sp³-hybridized carbons (Fsp3) is 0.154. The molecule has 0 spiro atoms. The Morgan fingerprint density at radius 2 is 2.10 bits per heavy atom. The number of aliphatic imine (C=N–C) groups is 1. The summed E-state index contributed by atoms with van der Waals surface area (Å²) in [5, 5.41) is 29.0. The van der Waals surface area contributed by atoms with Crippen molar-refractivity contribution >= 4 is 23.3 Å². The summed E-state index contributed by atoms with van der Waals surface area (Å²) in [4.78, 5) is 25.2. The highest BCUT2D eigenvalue weighted by Crippen LogP contribution is 2.30. The van der Waals surface area contributed by atoms with E-state index < -0.39 is 10.8 Å². The van der Waals surface area contributed by atoms with E-state index in [2.05, 4.69) is 16.2 Å². The number of hydrogen-bond acceptors (Lipinski definition) is 6. The molecule has 104 valence electrons. The molecular weight excluding hydrogens is 274 g/mol. The first kappa shape index (κ1) is 14.1. The van der Waals surface area contributed by atoms with Gasteiger partial charge in [-0.1, -0.05) is 12.1 Å². The number of nitriles is 1. The lowest BCUT2D eigenvalue weighted by atomic mass is 9.85. The summed E-state index contributed by atoms with van der Waals surface area (Å²) in [6, 6.07) is 5.68. The molecule has 1 atom stereocenters. The first-order chi connectivity index (χ1) is 10.1. The van der Waals surface area contributed by atoms with Gasteiger partial charge in [0.15, 0.2) is 5.84 Å². The molecule has 1 amide bonds. The van der Waals surface area contributed by atoms with Gasteiger partial charge in [0.2, 0.25) is 12.1 Å². The van der Waals surface area contributed by atoms with E-state index >= 15 is 0 Å². The number of nitro groups is 1. The smallest absolute Gasteiger partial charge is 0.269 e. The van der Waals surface area contributed by atoms with Crippen molar-refractivity contribution in [2.24, 2.45) is 4.99 Å². The van der Waals surface area contributed by atoms with E-state index in [0.717, 1.165) is 0 Å². The molecule has 1 aromatic rings. The number of benzene rings is 1. The van der Waals surface area contributed by atoms with Crippen LogP contribution in [0.1, 0.15) is 17.9 Å². The summed E-state index contributed by atoms with van der Waals surface area (Å²) < 4.78 is 0. The van der Waals surface area contributed by atoms with Gasteiger partial charge < -0.3 is 5.32 Å². The van der Waals surface area contributed by atoms with Gasteiger partial charge in [0, 0.05) is 24.5 Å². The highest BCUT2D eigenvalue weighted by atomic mass is 16.6. The fourth-order valence-electron chi connectivity index (χ4n) is 2.10.